The maximum Gasteiger partial charge on any atom is 1.00 e. The fourth-order valence-corrected chi connectivity index (χ4v) is 0. The molecule has 0 aromatic rings. The van der Waals surface area contributed by atoms with E-state index in [1.807, 2.05) is 0 Å². The standard InChI is InChI=1S/2K.Mo.4O/q2*+1;;4*-2. The van der Waals surface area contributed by atoms with Crippen LogP contribution < -0.4 is 103 Å². The van der Waals surface area contributed by atoms with Crippen molar-refractivity contribution in [3.63, 3.8) is 0 Å². The SMILES string of the molecule is [K+].[K+].[Mo].[O-2].[O-2].[O-2].[O-2]. The molecule has 0 aliphatic rings. The van der Waals surface area contributed by atoms with E-state index in [2.05, 4.69) is 0 Å². The summed E-state index contributed by atoms with van der Waals surface area (Å²) in [5.74, 6) is 0. The zero-order valence-corrected chi connectivity index (χ0v) is 12.3. The minimum Gasteiger partial charge on any atom is -2.00 e. The zero-order valence-electron chi connectivity index (χ0n) is 4.04. The monoisotopic (exact) mass is 240 g/mol. The Balaban J connectivity index is 0. The molecule has 0 amide bonds. The summed E-state index contributed by atoms with van der Waals surface area (Å²) < 4.78 is 0. The molecule has 0 atom stereocenters. The van der Waals surface area contributed by atoms with Crippen LogP contribution in [0.2, 0.25) is 0 Å². The van der Waals surface area contributed by atoms with Crippen molar-refractivity contribution in [2.75, 3.05) is 0 Å². The molecule has 0 rings (SSSR count). The van der Waals surface area contributed by atoms with Gasteiger partial charge >= 0.3 is 103 Å². The van der Waals surface area contributed by atoms with Crippen molar-refractivity contribution in [2.24, 2.45) is 0 Å². The van der Waals surface area contributed by atoms with Crippen molar-refractivity contribution in [3.8, 4) is 0 Å². The Labute approximate surface area is 142 Å². The number of hydrogen-bond donors (Lipinski definition) is 0. The van der Waals surface area contributed by atoms with Crippen LogP contribution in [0.5, 0.6) is 0 Å². The van der Waals surface area contributed by atoms with E-state index < -0.39 is 0 Å². The molecule has 0 radical (unpaired) electrons. The van der Waals surface area contributed by atoms with Gasteiger partial charge in [-0.25, -0.2) is 0 Å². The molecule has 0 heterocycles. The molecule has 0 saturated carbocycles. The van der Waals surface area contributed by atoms with E-state index in [1.54, 1.807) is 0 Å². The Kier molecular flexibility index (Phi) is 539. The van der Waals surface area contributed by atoms with E-state index in [1.165, 1.54) is 0 Å². The van der Waals surface area contributed by atoms with Crippen LogP contribution in [-0.4, -0.2) is 0 Å². The van der Waals surface area contributed by atoms with E-state index >= 15 is 0 Å². The molecule has 0 bridgehead atoms. The Morgan fingerprint density at radius 2 is 0.429 bits per heavy atom. The zero-order chi connectivity index (χ0) is 0. The van der Waals surface area contributed by atoms with Crippen LogP contribution in [-0.2, 0) is 43.0 Å². The van der Waals surface area contributed by atoms with Gasteiger partial charge in [0, 0.05) is 21.1 Å². The molecule has 0 aromatic carbocycles. The number of rotatable bonds is 0. The fraction of sp³-hybridized carbons (Fsp3) is 0. The normalized spacial score (nSPS) is 0. The second-order valence-corrected chi connectivity index (χ2v) is 0. The van der Waals surface area contributed by atoms with Gasteiger partial charge in [-0.2, -0.15) is 0 Å². The molecule has 38 valence electrons. The minimum atomic E-state index is 0. The molecule has 7 heteroatoms. The molecular formula is K2MoO4-6. The maximum atomic E-state index is 0. The second kappa shape index (κ2) is 52.5. The minimum absolute atomic E-state index is 0. The third-order valence-electron chi connectivity index (χ3n) is 0. The molecule has 0 fully saturated rings. The van der Waals surface area contributed by atoms with Crippen molar-refractivity contribution in [3.05, 3.63) is 0 Å². The molecule has 0 unspecified atom stereocenters. The second-order valence-electron chi connectivity index (χ2n) is 0. The maximum absolute atomic E-state index is 0. The van der Waals surface area contributed by atoms with Crippen molar-refractivity contribution < 1.29 is 146 Å². The first-order valence-electron chi connectivity index (χ1n) is 0. The summed E-state index contributed by atoms with van der Waals surface area (Å²) in [7, 11) is 0. The quantitative estimate of drug-likeness (QED) is 0.373. The van der Waals surface area contributed by atoms with Gasteiger partial charge in [-0.3, -0.25) is 0 Å². The van der Waals surface area contributed by atoms with Gasteiger partial charge in [0.05, 0.1) is 0 Å². The predicted molar refractivity (Wildman–Crippen MR) is 2.75 cm³/mol. The van der Waals surface area contributed by atoms with Crippen LogP contribution in [0.1, 0.15) is 0 Å². The smallest absolute Gasteiger partial charge is 1.00 e. The molecule has 4 nitrogen and oxygen atoms in total. The van der Waals surface area contributed by atoms with Crippen LogP contribution in [0.15, 0.2) is 0 Å². The summed E-state index contributed by atoms with van der Waals surface area (Å²) >= 11 is 0. The molecule has 7 heavy (non-hydrogen) atoms. The first kappa shape index (κ1) is 71.8. The molecule has 0 aliphatic carbocycles. The van der Waals surface area contributed by atoms with Crippen LogP contribution in [0.3, 0.4) is 0 Å². The van der Waals surface area contributed by atoms with Gasteiger partial charge in [-0.1, -0.05) is 0 Å². The van der Waals surface area contributed by atoms with Gasteiger partial charge < -0.3 is 21.9 Å². The summed E-state index contributed by atoms with van der Waals surface area (Å²) in [5, 5.41) is 0. The molecule has 0 saturated heterocycles. The van der Waals surface area contributed by atoms with Crippen LogP contribution >= 0.6 is 0 Å². The molecule has 0 aliphatic heterocycles. The van der Waals surface area contributed by atoms with Crippen molar-refractivity contribution in [2.45, 2.75) is 0 Å². The Morgan fingerprint density at radius 1 is 0.429 bits per heavy atom. The van der Waals surface area contributed by atoms with Crippen LogP contribution in [0.25, 0.3) is 0 Å². The molecule has 0 N–H and O–H groups in total. The van der Waals surface area contributed by atoms with E-state index in [9.17, 15) is 0 Å². The first-order valence-corrected chi connectivity index (χ1v) is 0. The largest absolute Gasteiger partial charge is 2.00 e. The molecule has 0 aromatic heterocycles. The summed E-state index contributed by atoms with van der Waals surface area (Å²) in [6.07, 6.45) is 0. The third kappa shape index (κ3) is 41.3. The summed E-state index contributed by atoms with van der Waals surface area (Å²) in [6, 6.07) is 0. The number of hydrogen-bond acceptors (Lipinski definition) is 0. The van der Waals surface area contributed by atoms with Gasteiger partial charge in [0.25, 0.3) is 0 Å². The average molecular weight is 238 g/mol. The van der Waals surface area contributed by atoms with Crippen molar-refractivity contribution >= 4 is 0 Å². The van der Waals surface area contributed by atoms with E-state index in [4.69, 9.17) is 0 Å². The van der Waals surface area contributed by atoms with Crippen molar-refractivity contribution in [1.82, 2.24) is 0 Å². The van der Waals surface area contributed by atoms with Gasteiger partial charge in [0.15, 0.2) is 0 Å². The molecular weight excluding hydrogens is 238 g/mol. The average Bonchev–Trinajstić information content (AvgIpc) is 0. The van der Waals surface area contributed by atoms with E-state index in [-0.39, 0.29) is 146 Å². The third-order valence-corrected chi connectivity index (χ3v) is 0. The fourth-order valence-electron chi connectivity index (χ4n) is 0. The predicted octanol–water partition coefficient (Wildman–Crippen LogP) is -6.47. The van der Waals surface area contributed by atoms with E-state index in [0.29, 0.717) is 0 Å². The van der Waals surface area contributed by atoms with Crippen LogP contribution in [0, 0.1) is 0 Å². The van der Waals surface area contributed by atoms with Gasteiger partial charge in [-0.05, 0) is 0 Å². The molecule has 0 spiro atoms. The Bertz CT molecular complexity index is 9.65. The topological polar surface area (TPSA) is 114 Å². The van der Waals surface area contributed by atoms with Gasteiger partial charge in [0.1, 0.15) is 0 Å². The Morgan fingerprint density at radius 3 is 0.429 bits per heavy atom. The first-order chi connectivity index (χ1) is 0. The van der Waals surface area contributed by atoms with Gasteiger partial charge in [-0.15, -0.1) is 0 Å². The van der Waals surface area contributed by atoms with Crippen molar-refractivity contribution in [1.29, 1.82) is 0 Å². The van der Waals surface area contributed by atoms with Crippen LogP contribution in [0.4, 0.5) is 0 Å². The summed E-state index contributed by atoms with van der Waals surface area (Å²) in [5.41, 5.74) is 0. The Hall–Kier alpha value is 3.80. The van der Waals surface area contributed by atoms with E-state index in [0.717, 1.165) is 0 Å². The summed E-state index contributed by atoms with van der Waals surface area (Å²) in [6.45, 7) is 0. The summed E-state index contributed by atoms with van der Waals surface area (Å²) in [4.78, 5) is 0. The van der Waals surface area contributed by atoms with Gasteiger partial charge in [0.2, 0.25) is 0 Å².